The number of hydrogen-bond donors (Lipinski definition) is 1. The Morgan fingerprint density at radius 2 is 2.00 bits per heavy atom. The van der Waals surface area contributed by atoms with Gasteiger partial charge in [-0.2, -0.15) is 0 Å². The van der Waals surface area contributed by atoms with E-state index in [1.165, 1.54) is 5.56 Å². The monoisotopic (exact) mass is 255 g/mol. The maximum Gasteiger partial charge on any atom is 0.122 e. The van der Waals surface area contributed by atoms with Crippen LogP contribution in [0.3, 0.4) is 0 Å². The smallest absolute Gasteiger partial charge is 0.122 e. The van der Waals surface area contributed by atoms with E-state index in [9.17, 15) is 0 Å². The molecule has 98 valence electrons. The van der Waals surface area contributed by atoms with Crippen LogP contribution in [0.2, 0.25) is 0 Å². The fraction of sp³-hybridized carbons (Fsp3) is 0.250. The van der Waals surface area contributed by atoms with Crippen molar-refractivity contribution in [2.24, 2.45) is 5.73 Å². The first-order valence-electron chi connectivity index (χ1n) is 6.52. The van der Waals surface area contributed by atoms with E-state index in [0.717, 1.165) is 30.1 Å². The third-order valence-electron chi connectivity index (χ3n) is 3.31. The summed E-state index contributed by atoms with van der Waals surface area (Å²) in [5.74, 6) is 1.84. The quantitative estimate of drug-likeness (QED) is 0.913. The van der Waals surface area contributed by atoms with Gasteiger partial charge in [0, 0.05) is 6.42 Å². The third kappa shape index (κ3) is 2.71. The van der Waals surface area contributed by atoms with Gasteiger partial charge in [-0.15, -0.1) is 0 Å². The largest absolute Gasteiger partial charge is 0.493 e. The molecule has 0 bridgehead atoms. The van der Waals surface area contributed by atoms with Crippen molar-refractivity contribution in [2.45, 2.75) is 12.5 Å². The molecule has 1 atom stereocenters. The first kappa shape index (κ1) is 12.1. The highest BCUT2D eigenvalue weighted by Gasteiger charge is 2.15. The summed E-state index contributed by atoms with van der Waals surface area (Å²) in [4.78, 5) is 0. The summed E-state index contributed by atoms with van der Waals surface area (Å²) >= 11 is 0. The first-order valence-corrected chi connectivity index (χ1v) is 6.52. The Morgan fingerprint density at radius 1 is 1.16 bits per heavy atom. The fourth-order valence-corrected chi connectivity index (χ4v) is 2.24. The van der Waals surface area contributed by atoms with Gasteiger partial charge in [-0.25, -0.2) is 0 Å². The molecule has 0 saturated carbocycles. The minimum Gasteiger partial charge on any atom is -0.493 e. The van der Waals surface area contributed by atoms with Gasteiger partial charge in [0.05, 0.1) is 12.6 Å². The van der Waals surface area contributed by atoms with Crippen molar-refractivity contribution in [3.05, 3.63) is 59.7 Å². The average molecular weight is 255 g/mol. The van der Waals surface area contributed by atoms with Crippen LogP contribution in [-0.2, 0) is 6.42 Å². The normalized spacial score (nSPS) is 14.6. The number of para-hydroxylation sites is 1. The van der Waals surface area contributed by atoms with Crippen molar-refractivity contribution >= 4 is 0 Å². The highest BCUT2D eigenvalue weighted by molar-refractivity contribution is 5.40. The third-order valence-corrected chi connectivity index (χ3v) is 3.31. The van der Waals surface area contributed by atoms with Gasteiger partial charge < -0.3 is 15.2 Å². The lowest BCUT2D eigenvalue weighted by atomic mass is 10.0. The molecule has 3 nitrogen and oxygen atoms in total. The molecule has 0 aliphatic carbocycles. The van der Waals surface area contributed by atoms with E-state index in [1.807, 2.05) is 42.5 Å². The molecule has 1 aliphatic heterocycles. The SMILES string of the molecule is NC(COc1ccccc1)c1ccc2c(c1)CCO2. The highest BCUT2D eigenvalue weighted by atomic mass is 16.5. The molecular weight excluding hydrogens is 238 g/mol. The molecule has 1 heterocycles. The van der Waals surface area contributed by atoms with Crippen LogP contribution in [0, 0.1) is 0 Å². The predicted molar refractivity (Wildman–Crippen MR) is 74.5 cm³/mol. The lowest BCUT2D eigenvalue weighted by Gasteiger charge is -2.14. The van der Waals surface area contributed by atoms with Crippen LogP contribution in [-0.4, -0.2) is 13.2 Å². The summed E-state index contributed by atoms with van der Waals surface area (Å²) in [5.41, 5.74) is 8.51. The molecule has 0 fully saturated rings. The van der Waals surface area contributed by atoms with E-state index < -0.39 is 0 Å². The van der Waals surface area contributed by atoms with Gasteiger partial charge in [0.2, 0.25) is 0 Å². The summed E-state index contributed by atoms with van der Waals surface area (Å²) < 4.78 is 11.2. The van der Waals surface area contributed by atoms with Crippen molar-refractivity contribution in [3.63, 3.8) is 0 Å². The number of benzene rings is 2. The Morgan fingerprint density at radius 3 is 2.84 bits per heavy atom. The van der Waals surface area contributed by atoms with E-state index in [2.05, 4.69) is 6.07 Å². The zero-order valence-electron chi connectivity index (χ0n) is 10.7. The van der Waals surface area contributed by atoms with Crippen LogP contribution in [0.15, 0.2) is 48.5 Å². The standard InChI is InChI=1S/C16H17NO2/c17-15(11-19-14-4-2-1-3-5-14)12-6-7-16-13(10-12)8-9-18-16/h1-7,10,15H,8-9,11,17H2. The van der Waals surface area contributed by atoms with Gasteiger partial charge in [0.1, 0.15) is 18.1 Å². The van der Waals surface area contributed by atoms with Crippen molar-refractivity contribution in [1.82, 2.24) is 0 Å². The van der Waals surface area contributed by atoms with E-state index in [0.29, 0.717) is 6.61 Å². The van der Waals surface area contributed by atoms with Crippen LogP contribution in [0.25, 0.3) is 0 Å². The zero-order valence-corrected chi connectivity index (χ0v) is 10.7. The van der Waals surface area contributed by atoms with Gasteiger partial charge in [-0.1, -0.05) is 30.3 Å². The molecule has 0 spiro atoms. The van der Waals surface area contributed by atoms with E-state index in [-0.39, 0.29) is 6.04 Å². The second-order valence-electron chi connectivity index (χ2n) is 4.70. The van der Waals surface area contributed by atoms with Crippen molar-refractivity contribution < 1.29 is 9.47 Å². The molecule has 1 aliphatic rings. The number of hydrogen-bond acceptors (Lipinski definition) is 3. The van der Waals surface area contributed by atoms with Crippen LogP contribution in [0.5, 0.6) is 11.5 Å². The molecule has 19 heavy (non-hydrogen) atoms. The number of rotatable bonds is 4. The van der Waals surface area contributed by atoms with Crippen molar-refractivity contribution in [1.29, 1.82) is 0 Å². The Hall–Kier alpha value is -2.00. The summed E-state index contributed by atoms with van der Waals surface area (Å²) in [6.45, 7) is 1.25. The molecule has 2 N–H and O–H groups in total. The lowest BCUT2D eigenvalue weighted by Crippen LogP contribution is -2.19. The maximum atomic E-state index is 6.17. The summed E-state index contributed by atoms with van der Waals surface area (Å²) in [7, 11) is 0. The molecule has 0 amide bonds. The van der Waals surface area contributed by atoms with Gasteiger partial charge in [0.25, 0.3) is 0 Å². The van der Waals surface area contributed by atoms with E-state index >= 15 is 0 Å². The lowest BCUT2D eigenvalue weighted by molar-refractivity contribution is 0.290. The minimum atomic E-state index is -0.119. The Balaban J connectivity index is 1.65. The number of ether oxygens (including phenoxy) is 2. The molecule has 0 saturated heterocycles. The Labute approximate surface area is 113 Å². The second kappa shape index (κ2) is 5.33. The first-order chi connectivity index (χ1) is 9.33. The predicted octanol–water partition coefficient (Wildman–Crippen LogP) is 2.70. The van der Waals surface area contributed by atoms with E-state index in [4.69, 9.17) is 15.2 Å². The van der Waals surface area contributed by atoms with Crippen LogP contribution in [0.1, 0.15) is 17.2 Å². The molecule has 2 aromatic carbocycles. The molecular formula is C16H17NO2. The molecule has 2 aromatic rings. The number of nitrogens with two attached hydrogens (primary N) is 1. The van der Waals surface area contributed by atoms with Gasteiger partial charge in [0.15, 0.2) is 0 Å². The molecule has 0 aromatic heterocycles. The zero-order chi connectivity index (χ0) is 13.1. The second-order valence-corrected chi connectivity index (χ2v) is 4.70. The summed E-state index contributed by atoms with van der Waals surface area (Å²) in [5, 5.41) is 0. The Kier molecular flexibility index (Phi) is 3.38. The molecule has 1 unspecified atom stereocenters. The topological polar surface area (TPSA) is 44.5 Å². The van der Waals surface area contributed by atoms with Crippen LogP contribution in [0.4, 0.5) is 0 Å². The molecule has 3 rings (SSSR count). The Bertz CT molecular complexity index is 554. The van der Waals surface area contributed by atoms with Gasteiger partial charge >= 0.3 is 0 Å². The van der Waals surface area contributed by atoms with Crippen LogP contribution >= 0.6 is 0 Å². The molecule has 0 radical (unpaired) electrons. The summed E-state index contributed by atoms with van der Waals surface area (Å²) in [6.07, 6.45) is 0.968. The maximum absolute atomic E-state index is 6.17. The van der Waals surface area contributed by atoms with Crippen molar-refractivity contribution in [3.8, 4) is 11.5 Å². The fourth-order valence-electron chi connectivity index (χ4n) is 2.24. The van der Waals surface area contributed by atoms with Gasteiger partial charge in [-0.05, 0) is 29.3 Å². The minimum absolute atomic E-state index is 0.119. The van der Waals surface area contributed by atoms with Crippen molar-refractivity contribution in [2.75, 3.05) is 13.2 Å². The average Bonchev–Trinajstić information content (AvgIpc) is 2.93. The van der Waals surface area contributed by atoms with Crippen LogP contribution < -0.4 is 15.2 Å². The highest BCUT2D eigenvalue weighted by Crippen LogP contribution is 2.27. The number of fused-ring (bicyclic) bond motifs is 1. The summed E-state index contributed by atoms with van der Waals surface area (Å²) in [6, 6.07) is 15.8. The molecule has 3 heteroatoms. The van der Waals surface area contributed by atoms with E-state index in [1.54, 1.807) is 0 Å². The van der Waals surface area contributed by atoms with Gasteiger partial charge in [-0.3, -0.25) is 0 Å².